The van der Waals surface area contributed by atoms with Gasteiger partial charge in [0, 0.05) is 30.7 Å². The van der Waals surface area contributed by atoms with Crippen LogP contribution in [0.25, 0.3) is 10.9 Å². The molecule has 0 aliphatic heterocycles. The van der Waals surface area contributed by atoms with Gasteiger partial charge in [-0.05, 0) is 36.6 Å². The van der Waals surface area contributed by atoms with Crippen LogP contribution in [-0.2, 0) is 13.1 Å². The number of aromatic nitrogens is 1. The lowest BCUT2D eigenvalue weighted by molar-refractivity contribution is 0.676. The summed E-state index contributed by atoms with van der Waals surface area (Å²) in [7, 11) is 0. The van der Waals surface area contributed by atoms with Crippen molar-refractivity contribution in [3.63, 3.8) is 0 Å². The van der Waals surface area contributed by atoms with Gasteiger partial charge in [-0.1, -0.05) is 23.7 Å². The standard InChI is InChI=1S/C15H19ClN2S/c16-14-4-1-3-13-11(9-17-12-5-6-12)10-18(15(13)14)7-2-8-19/h1,3-4,10,12,17,19H,2,5-9H2. The predicted octanol–water partition coefficient (Wildman–Crippen LogP) is 3.87. The van der Waals surface area contributed by atoms with Crippen LogP contribution >= 0.6 is 24.2 Å². The van der Waals surface area contributed by atoms with Crippen molar-refractivity contribution in [1.29, 1.82) is 0 Å². The Balaban J connectivity index is 1.93. The molecule has 0 unspecified atom stereocenters. The summed E-state index contributed by atoms with van der Waals surface area (Å²) in [5.74, 6) is 0.903. The van der Waals surface area contributed by atoms with Gasteiger partial charge in [0.25, 0.3) is 0 Å². The maximum absolute atomic E-state index is 6.37. The summed E-state index contributed by atoms with van der Waals surface area (Å²) in [5.41, 5.74) is 2.52. The molecule has 1 aromatic carbocycles. The second-order valence-corrected chi connectivity index (χ2v) is 6.07. The Morgan fingerprint density at radius 2 is 2.21 bits per heavy atom. The number of benzene rings is 1. The molecule has 19 heavy (non-hydrogen) atoms. The van der Waals surface area contributed by atoms with E-state index in [0.29, 0.717) is 0 Å². The summed E-state index contributed by atoms with van der Waals surface area (Å²) in [6, 6.07) is 6.91. The first-order chi connectivity index (χ1) is 9.29. The topological polar surface area (TPSA) is 17.0 Å². The molecule has 0 bridgehead atoms. The van der Waals surface area contributed by atoms with Crippen molar-refractivity contribution >= 4 is 35.1 Å². The summed E-state index contributed by atoms with van der Waals surface area (Å²) in [6.07, 6.45) is 5.95. The summed E-state index contributed by atoms with van der Waals surface area (Å²) in [4.78, 5) is 0. The van der Waals surface area contributed by atoms with Crippen molar-refractivity contribution in [2.24, 2.45) is 0 Å². The third-order valence-electron chi connectivity index (χ3n) is 3.65. The van der Waals surface area contributed by atoms with Crippen molar-refractivity contribution in [1.82, 2.24) is 9.88 Å². The summed E-state index contributed by atoms with van der Waals surface area (Å²) >= 11 is 10.7. The van der Waals surface area contributed by atoms with Crippen molar-refractivity contribution < 1.29 is 0 Å². The van der Waals surface area contributed by atoms with Crippen LogP contribution in [-0.4, -0.2) is 16.4 Å². The van der Waals surface area contributed by atoms with Gasteiger partial charge in [0.05, 0.1) is 10.5 Å². The number of thiol groups is 1. The summed E-state index contributed by atoms with van der Waals surface area (Å²) in [5, 5.41) is 5.70. The molecule has 0 atom stereocenters. The first-order valence-corrected chi connectivity index (χ1v) is 7.91. The zero-order valence-electron chi connectivity index (χ0n) is 10.9. The van der Waals surface area contributed by atoms with Crippen LogP contribution in [0.4, 0.5) is 0 Å². The fourth-order valence-corrected chi connectivity index (χ4v) is 2.91. The van der Waals surface area contributed by atoms with Gasteiger partial charge < -0.3 is 9.88 Å². The Morgan fingerprint density at radius 3 is 2.95 bits per heavy atom. The highest BCUT2D eigenvalue weighted by atomic mass is 35.5. The second kappa shape index (κ2) is 5.78. The molecule has 1 N–H and O–H groups in total. The largest absolute Gasteiger partial charge is 0.346 e. The molecule has 1 aliphatic carbocycles. The molecule has 2 nitrogen and oxygen atoms in total. The molecule has 0 saturated heterocycles. The number of nitrogens with zero attached hydrogens (tertiary/aromatic N) is 1. The highest BCUT2D eigenvalue weighted by Gasteiger charge is 2.21. The maximum atomic E-state index is 6.37. The number of nitrogens with one attached hydrogen (secondary N) is 1. The Kier molecular flexibility index (Phi) is 4.06. The molecule has 1 saturated carbocycles. The molecule has 4 heteroatoms. The van der Waals surface area contributed by atoms with Gasteiger partial charge in [0.15, 0.2) is 0 Å². The lowest BCUT2D eigenvalue weighted by atomic mass is 10.2. The molecule has 102 valence electrons. The van der Waals surface area contributed by atoms with E-state index >= 15 is 0 Å². The number of halogens is 1. The molecule has 2 aromatic rings. The number of para-hydroxylation sites is 1. The Labute approximate surface area is 124 Å². The monoisotopic (exact) mass is 294 g/mol. The quantitative estimate of drug-likeness (QED) is 0.774. The molecular weight excluding hydrogens is 276 g/mol. The van der Waals surface area contributed by atoms with Crippen LogP contribution in [0.1, 0.15) is 24.8 Å². The van der Waals surface area contributed by atoms with Crippen LogP contribution in [0.3, 0.4) is 0 Å². The average molecular weight is 295 g/mol. The number of fused-ring (bicyclic) bond motifs is 1. The molecule has 0 amide bonds. The van der Waals surface area contributed by atoms with Crippen LogP contribution in [0, 0.1) is 0 Å². The van der Waals surface area contributed by atoms with E-state index < -0.39 is 0 Å². The highest BCUT2D eigenvalue weighted by Crippen LogP contribution is 2.29. The molecule has 1 aliphatic rings. The molecule has 1 fully saturated rings. The second-order valence-electron chi connectivity index (χ2n) is 5.22. The highest BCUT2D eigenvalue weighted by molar-refractivity contribution is 7.80. The van der Waals surface area contributed by atoms with Crippen LogP contribution in [0.5, 0.6) is 0 Å². The van der Waals surface area contributed by atoms with Crippen molar-refractivity contribution in [2.45, 2.75) is 38.4 Å². The fraction of sp³-hybridized carbons (Fsp3) is 0.467. The summed E-state index contributed by atoms with van der Waals surface area (Å²) in [6.45, 7) is 1.92. The van der Waals surface area contributed by atoms with E-state index in [1.54, 1.807) is 0 Å². The van der Waals surface area contributed by atoms with Gasteiger partial charge in [-0.25, -0.2) is 0 Å². The van der Waals surface area contributed by atoms with Gasteiger partial charge in [0.2, 0.25) is 0 Å². The van der Waals surface area contributed by atoms with Gasteiger partial charge in [0.1, 0.15) is 0 Å². The third kappa shape index (κ3) is 2.93. The van der Waals surface area contributed by atoms with E-state index in [4.69, 9.17) is 11.6 Å². The lowest BCUT2D eigenvalue weighted by Gasteiger charge is -2.04. The minimum Gasteiger partial charge on any atom is -0.346 e. The number of hydrogen-bond acceptors (Lipinski definition) is 2. The molecule has 0 spiro atoms. The van der Waals surface area contributed by atoms with Gasteiger partial charge in [-0.2, -0.15) is 12.6 Å². The number of rotatable bonds is 6. The first kappa shape index (κ1) is 13.3. The van der Waals surface area contributed by atoms with Crippen LogP contribution in [0.2, 0.25) is 5.02 Å². The zero-order valence-corrected chi connectivity index (χ0v) is 12.6. The van der Waals surface area contributed by atoms with E-state index in [9.17, 15) is 0 Å². The van der Waals surface area contributed by atoms with Gasteiger partial charge >= 0.3 is 0 Å². The van der Waals surface area contributed by atoms with Gasteiger partial charge in [-0.15, -0.1) is 0 Å². The molecule has 0 radical (unpaired) electrons. The Bertz CT molecular complexity index is 575. The Hall–Kier alpha value is -0.640. The minimum absolute atomic E-state index is 0.732. The lowest BCUT2D eigenvalue weighted by Crippen LogP contribution is -2.14. The molecule has 1 heterocycles. The maximum Gasteiger partial charge on any atom is 0.0672 e. The Morgan fingerprint density at radius 1 is 1.37 bits per heavy atom. The van der Waals surface area contributed by atoms with Gasteiger partial charge in [-0.3, -0.25) is 0 Å². The minimum atomic E-state index is 0.732. The van der Waals surface area contributed by atoms with Crippen LogP contribution in [0.15, 0.2) is 24.4 Å². The van der Waals surface area contributed by atoms with Crippen molar-refractivity contribution in [3.05, 3.63) is 35.0 Å². The fourth-order valence-electron chi connectivity index (χ4n) is 2.49. The SMILES string of the molecule is SCCCn1cc(CNC2CC2)c2cccc(Cl)c21. The third-order valence-corrected chi connectivity index (χ3v) is 4.27. The molecule has 3 rings (SSSR count). The van der Waals surface area contributed by atoms with Crippen molar-refractivity contribution in [2.75, 3.05) is 5.75 Å². The predicted molar refractivity (Wildman–Crippen MR) is 85.3 cm³/mol. The van der Waals surface area contributed by atoms with Crippen LogP contribution < -0.4 is 5.32 Å². The van der Waals surface area contributed by atoms with E-state index in [1.165, 1.54) is 29.3 Å². The van der Waals surface area contributed by atoms with E-state index in [0.717, 1.165) is 36.3 Å². The normalized spacial score (nSPS) is 15.3. The van der Waals surface area contributed by atoms with E-state index in [2.05, 4.69) is 34.8 Å². The molecule has 1 aromatic heterocycles. The van der Waals surface area contributed by atoms with Crippen molar-refractivity contribution in [3.8, 4) is 0 Å². The van der Waals surface area contributed by atoms with E-state index in [-0.39, 0.29) is 0 Å². The molecular formula is C15H19ClN2S. The smallest absolute Gasteiger partial charge is 0.0672 e. The zero-order chi connectivity index (χ0) is 13.2. The first-order valence-electron chi connectivity index (χ1n) is 6.90. The van der Waals surface area contributed by atoms with E-state index in [1.807, 2.05) is 12.1 Å². The number of hydrogen-bond donors (Lipinski definition) is 2. The summed E-state index contributed by atoms with van der Waals surface area (Å²) < 4.78 is 2.28. The average Bonchev–Trinajstić information content (AvgIpc) is 3.17. The number of aryl methyl sites for hydroxylation is 1.